The minimum atomic E-state index is 0.572. The lowest BCUT2D eigenvalue weighted by molar-refractivity contribution is 1.01. The maximum Gasteiger partial charge on any atom is 0.126 e. The Labute approximate surface area is 78.4 Å². The fourth-order valence-electron chi connectivity index (χ4n) is 1.31. The third-order valence-corrected chi connectivity index (χ3v) is 2.37. The van der Waals surface area contributed by atoms with Crippen LogP contribution in [0, 0.1) is 6.92 Å². The fraction of sp³-hybridized carbons (Fsp3) is 0.500. The Hall–Kier alpha value is -1.09. The second-order valence-electron chi connectivity index (χ2n) is 3.62. The summed E-state index contributed by atoms with van der Waals surface area (Å²) in [4.78, 5) is 4.30. The van der Waals surface area contributed by atoms with Crippen LogP contribution in [0.4, 0.5) is 5.82 Å². The van der Waals surface area contributed by atoms with Gasteiger partial charge < -0.3 is 11.1 Å². The van der Waals surface area contributed by atoms with Gasteiger partial charge in [0.1, 0.15) is 5.82 Å². The van der Waals surface area contributed by atoms with Gasteiger partial charge in [0, 0.05) is 18.8 Å². The Morgan fingerprint density at radius 2 is 2.38 bits per heavy atom. The van der Waals surface area contributed by atoms with Gasteiger partial charge in [0.25, 0.3) is 0 Å². The Morgan fingerprint density at radius 3 is 2.92 bits per heavy atom. The molecule has 3 heteroatoms. The first-order valence-corrected chi connectivity index (χ1v) is 4.71. The van der Waals surface area contributed by atoms with Crippen LogP contribution in [0.25, 0.3) is 0 Å². The van der Waals surface area contributed by atoms with E-state index in [2.05, 4.69) is 23.3 Å². The van der Waals surface area contributed by atoms with Gasteiger partial charge in [-0.05, 0) is 37.0 Å². The Kier molecular flexibility index (Phi) is 2.19. The van der Waals surface area contributed by atoms with E-state index in [9.17, 15) is 0 Å². The normalized spacial score (nSPS) is 15.8. The summed E-state index contributed by atoms with van der Waals surface area (Å²) < 4.78 is 0. The Bertz CT molecular complexity index is 305. The fourth-order valence-corrected chi connectivity index (χ4v) is 1.31. The number of nitrogens with one attached hydrogen (secondary N) is 1. The highest BCUT2D eigenvalue weighted by molar-refractivity contribution is 5.42. The van der Waals surface area contributed by atoms with Gasteiger partial charge in [-0.2, -0.15) is 0 Å². The van der Waals surface area contributed by atoms with Crippen molar-refractivity contribution in [3.8, 4) is 0 Å². The third-order valence-electron chi connectivity index (χ3n) is 2.37. The second-order valence-corrected chi connectivity index (χ2v) is 3.62. The molecule has 13 heavy (non-hydrogen) atoms. The number of hydrogen-bond acceptors (Lipinski definition) is 3. The molecule has 2 rings (SSSR count). The summed E-state index contributed by atoms with van der Waals surface area (Å²) in [6, 6.07) is 2.73. The van der Waals surface area contributed by atoms with Gasteiger partial charge in [0.15, 0.2) is 0 Å². The summed E-state index contributed by atoms with van der Waals surface area (Å²) in [7, 11) is 0. The Morgan fingerprint density at radius 1 is 1.62 bits per heavy atom. The molecule has 0 aromatic carbocycles. The number of nitrogens with two attached hydrogens (primary N) is 1. The Balaban J connectivity index is 2.13. The molecule has 3 nitrogen and oxygen atoms in total. The van der Waals surface area contributed by atoms with Gasteiger partial charge >= 0.3 is 0 Å². The van der Waals surface area contributed by atoms with Crippen molar-refractivity contribution in [3.63, 3.8) is 0 Å². The molecule has 1 aliphatic rings. The third kappa shape index (κ3) is 1.98. The van der Waals surface area contributed by atoms with Gasteiger partial charge in [0.2, 0.25) is 0 Å². The predicted octanol–water partition coefficient (Wildman–Crippen LogP) is 1.42. The molecule has 1 aromatic heterocycles. The predicted molar refractivity (Wildman–Crippen MR) is 53.5 cm³/mol. The zero-order valence-electron chi connectivity index (χ0n) is 7.88. The SMILES string of the molecule is Cc1cc(NC2CC2)ncc1CN. The van der Waals surface area contributed by atoms with Crippen molar-refractivity contribution < 1.29 is 0 Å². The molecule has 0 spiro atoms. The number of pyridine rings is 1. The first-order chi connectivity index (χ1) is 6.29. The summed E-state index contributed by atoms with van der Waals surface area (Å²) in [6.45, 7) is 2.64. The van der Waals surface area contributed by atoms with Crippen molar-refractivity contribution in [1.82, 2.24) is 4.98 Å². The molecule has 1 aromatic rings. The zero-order chi connectivity index (χ0) is 9.26. The number of aromatic nitrogens is 1. The first kappa shape index (κ1) is 8.51. The quantitative estimate of drug-likeness (QED) is 0.734. The van der Waals surface area contributed by atoms with E-state index in [-0.39, 0.29) is 0 Å². The second kappa shape index (κ2) is 3.34. The van der Waals surface area contributed by atoms with Gasteiger partial charge in [-0.1, -0.05) is 0 Å². The maximum atomic E-state index is 5.55. The van der Waals surface area contributed by atoms with Gasteiger partial charge in [-0.25, -0.2) is 4.98 Å². The van der Waals surface area contributed by atoms with E-state index in [4.69, 9.17) is 5.73 Å². The number of hydrogen-bond donors (Lipinski definition) is 2. The lowest BCUT2D eigenvalue weighted by atomic mass is 10.1. The van der Waals surface area contributed by atoms with Gasteiger partial charge in [0.05, 0.1) is 0 Å². The first-order valence-electron chi connectivity index (χ1n) is 4.71. The topological polar surface area (TPSA) is 50.9 Å². The van der Waals surface area contributed by atoms with E-state index in [0.717, 1.165) is 11.4 Å². The summed E-state index contributed by atoms with van der Waals surface area (Å²) in [5.41, 5.74) is 7.90. The van der Waals surface area contributed by atoms with Crippen LogP contribution in [0.2, 0.25) is 0 Å². The minimum Gasteiger partial charge on any atom is -0.367 e. The lowest BCUT2D eigenvalue weighted by Gasteiger charge is -2.06. The number of nitrogens with zero attached hydrogens (tertiary/aromatic N) is 1. The van der Waals surface area contributed by atoms with Crippen LogP contribution >= 0.6 is 0 Å². The van der Waals surface area contributed by atoms with Gasteiger partial charge in [-0.15, -0.1) is 0 Å². The van der Waals surface area contributed by atoms with Crippen LogP contribution in [-0.2, 0) is 6.54 Å². The van der Waals surface area contributed by atoms with E-state index in [1.54, 1.807) is 0 Å². The molecule has 0 atom stereocenters. The van der Waals surface area contributed by atoms with Crippen LogP contribution in [0.3, 0.4) is 0 Å². The highest BCUT2D eigenvalue weighted by Crippen LogP contribution is 2.24. The van der Waals surface area contributed by atoms with Crippen molar-refractivity contribution in [1.29, 1.82) is 0 Å². The molecule has 1 heterocycles. The molecule has 0 amide bonds. The zero-order valence-corrected chi connectivity index (χ0v) is 7.88. The molecule has 0 radical (unpaired) electrons. The van der Waals surface area contributed by atoms with Crippen LogP contribution in [0.1, 0.15) is 24.0 Å². The van der Waals surface area contributed by atoms with Crippen molar-refractivity contribution in [2.45, 2.75) is 32.4 Å². The standard InChI is InChI=1S/C10H15N3/c1-7-4-10(13-9-2-3-9)12-6-8(7)5-11/h4,6,9H,2-3,5,11H2,1H3,(H,12,13). The largest absolute Gasteiger partial charge is 0.367 e. The molecule has 0 bridgehead atoms. The highest BCUT2D eigenvalue weighted by atomic mass is 15.0. The molecule has 0 aliphatic heterocycles. The van der Waals surface area contributed by atoms with E-state index >= 15 is 0 Å². The van der Waals surface area contributed by atoms with E-state index in [1.807, 2.05) is 6.20 Å². The molecule has 1 aliphatic carbocycles. The molecular formula is C10H15N3. The van der Waals surface area contributed by atoms with Crippen molar-refractivity contribution >= 4 is 5.82 Å². The minimum absolute atomic E-state index is 0.572. The molecule has 3 N–H and O–H groups in total. The molecule has 1 fully saturated rings. The maximum absolute atomic E-state index is 5.55. The van der Waals surface area contributed by atoms with Crippen LogP contribution in [0.15, 0.2) is 12.3 Å². The molecule has 0 saturated heterocycles. The number of rotatable bonds is 3. The average molecular weight is 177 g/mol. The van der Waals surface area contributed by atoms with Crippen LogP contribution < -0.4 is 11.1 Å². The average Bonchev–Trinajstić information content (AvgIpc) is 2.89. The van der Waals surface area contributed by atoms with Crippen molar-refractivity contribution in [2.75, 3.05) is 5.32 Å². The van der Waals surface area contributed by atoms with Gasteiger partial charge in [-0.3, -0.25) is 0 Å². The molecule has 0 unspecified atom stereocenters. The van der Waals surface area contributed by atoms with Crippen molar-refractivity contribution in [2.24, 2.45) is 5.73 Å². The summed E-state index contributed by atoms with van der Waals surface area (Å²) in [6.07, 6.45) is 4.42. The monoisotopic (exact) mass is 177 g/mol. The summed E-state index contributed by atoms with van der Waals surface area (Å²) >= 11 is 0. The van der Waals surface area contributed by atoms with Crippen LogP contribution in [0.5, 0.6) is 0 Å². The summed E-state index contributed by atoms with van der Waals surface area (Å²) in [5, 5.41) is 3.36. The van der Waals surface area contributed by atoms with Crippen molar-refractivity contribution in [3.05, 3.63) is 23.4 Å². The van der Waals surface area contributed by atoms with E-state index in [0.29, 0.717) is 12.6 Å². The lowest BCUT2D eigenvalue weighted by Crippen LogP contribution is -2.05. The number of aryl methyl sites for hydroxylation is 1. The smallest absolute Gasteiger partial charge is 0.126 e. The number of anilines is 1. The van der Waals surface area contributed by atoms with Crippen LogP contribution in [-0.4, -0.2) is 11.0 Å². The van der Waals surface area contributed by atoms with E-state index < -0.39 is 0 Å². The molecule has 1 saturated carbocycles. The molecule has 70 valence electrons. The highest BCUT2D eigenvalue weighted by Gasteiger charge is 2.21. The molecular weight excluding hydrogens is 162 g/mol. The summed E-state index contributed by atoms with van der Waals surface area (Å²) in [5.74, 6) is 0.984. The van der Waals surface area contributed by atoms with E-state index in [1.165, 1.54) is 18.4 Å².